The van der Waals surface area contributed by atoms with Crippen molar-refractivity contribution in [2.45, 2.75) is 13.8 Å². The molecule has 2 aliphatic carbocycles. The van der Waals surface area contributed by atoms with E-state index in [9.17, 15) is 29.4 Å². The molecule has 0 aromatic heterocycles. The number of aromatic hydroxyl groups is 2. The van der Waals surface area contributed by atoms with Crippen LogP contribution in [0.4, 0.5) is 0 Å². The lowest BCUT2D eigenvalue weighted by atomic mass is 9.78. The number of phenolic OH excluding ortho intramolecular Hbond substituents is 2. The van der Waals surface area contributed by atoms with E-state index >= 15 is 0 Å². The summed E-state index contributed by atoms with van der Waals surface area (Å²) < 4.78 is 0. The summed E-state index contributed by atoms with van der Waals surface area (Å²) in [5.41, 5.74) is 0.717. The highest BCUT2D eigenvalue weighted by Crippen LogP contribution is 2.39. The molecule has 2 N–H and O–H groups in total. The van der Waals surface area contributed by atoms with E-state index in [0.717, 1.165) is 18.2 Å². The first kappa shape index (κ1) is 17.6. The second-order valence-electron chi connectivity index (χ2n) is 6.86. The van der Waals surface area contributed by atoms with Gasteiger partial charge in [-0.2, -0.15) is 0 Å². The number of hydrogen-bond donors (Lipinski definition) is 2. The molecule has 0 bridgehead atoms. The molecule has 0 fully saturated rings. The van der Waals surface area contributed by atoms with Gasteiger partial charge in [0.1, 0.15) is 11.5 Å². The van der Waals surface area contributed by atoms with E-state index in [1.54, 1.807) is 13.8 Å². The fourth-order valence-electron chi connectivity index (χ4n) is 3.77. The Hall–Kier alpha value is -3.80. The predicted octanol–water partition coefficient (Wildman–Crippen LogP) is 3.11. The van der Waals surface area contributed by atoms with Crippen LogP contribution in [0.15, 0.2) is 36.4 Å². The maximum Gasteiger partial charge on any atom is 0.194 e. The zero-order valence-corrected chi connectivity index (χ0v) is 15.0. The smallest absolute Gasteiger partial charge is 0.194 e. The van der Waals surface area contributed by atoms with E-state index in [-0.39, 0.29) is 44.9 Å². The van der Waals surface area contributed by atoms with Crippen LogP contribution in [-0.2, 0) is 0 Å². The molecule has 4 rings (SSSR count). The van der Waals surface area contributed by atoms with Crippen LogP contribution >= 0.6 is 0 Å². The second kappa shape index (κ2) is 5.85. The number of rotatable bonds is 1. The number of benzene rings is 2. The first-order chi connectivity index (χ1) is 13.2. The van der Waals surface area contributed by atoms with Gasteiger partial charge in [0.25, 0.3) is 0 Å². The molecule has 0 amide bonds. The van der Waals surface area contributed by atoms with Crippen molar-refractivity contribution < 1.29 is 29.4 Å². The molecule has 0 spiro atoms. The Morgan fingerprint density at radius 2 is 1.29 bits per heavy atom. The Labute approximate surface area is 159 Å². The van der Waals surface area contributed by atoms with Crippen LogP contribution in [0.3, 0.4) is 0 Å². The number of phenols is 2. The minimum atomic E-state index is -0.576. The number of carbonyl (C=O) groups excluding carboxylic acids is 4. The summed E-state index contributed by atoms with van der Waals surface area (Å²) in [7, 11) is 0. The fraction of sp³-hybridized carbons (Fsp3) is 0.0909. The Bertz CT molecular complexity index is 1210. The second-order valence-corrected chi connectivity index (χ2v) is 6.86. The number of ketones is 4. The van der Waals surface area contributed by atoms with Gasteiger partial charge in [-0.3, -0.25) is 19.2 Å². The maximum atomic E-state index is 13.2. The SMILES string of the molecule is Cc1cc(O)c2c(c1)C(=O)C(c1c(C)cc(O)c3c1C(=O)C=CC3=O)=CC2=O. The fourth-order valence-corrected chi connectivity index (χ4v) is 3.77. The molecule has 0 saturated carbocycles. The number of carbonyl (C=O) groups is 4. The largest absolute Gasteiger partial charge is 0.507 e. The van der Waals surface area contributed by atoms with Crippen LogP contribution in [-0.4, -0.2) is 33.3 Å². The van der Waals surface area contributed by atoms with Gasteiger partial charge in [0.15, 0.2) is 23.1 Å². The quantitative estimate of drug-likeness (QED) is 0.794. The molecule has 2 aromatic rings. The molecule has 0 unspecified atom stereocenters. The molecular formula is C22H14O6. The summed E-state index contributed by atoms with van der Waals surface area (Å²) in [6, 6.07) is 4.18. The number of allylic oxidation sites excluding steroid dienone is 4. The minimum Gasteiger partial charge on any atom is -0.507 e. The zero-order chi connectivity index (χ0) is 20.3. The normalized spacial score (nSPS) is 15.4. The van der Waals surface area contributed by atoms with Crippen LogP contribution in [0.25, 0.3) is 5.57 Å². The summed E-state index contributed by atoms with van der Waals surface area (Å²) in [6.07, 6.45) is 3.20. The van der Waals surface area contributed by atoms with Gasteiger partial charge in [-0.05, 0) is 61.4 Å². The highest BCUT2D eigenvalue weighted by molar-refractivity contribution is 6.41. The molecule has 0 radical (unpaired) electrons. The van der Waals surface area contributed by atoms with E-state index in [1.807, 2.05) is 0 Å². The molecule has 0 aliphatic heterocycles. The van der Waals surface area contributed by atoms with E-state index in [0.29, 0.717) is 11.1 Å². The van der Waals surface area contributed by atoms with Crippen molar-refractivity contribution in [2.75, 3.05) is 0 Å². The maximum absolute atomic E-state index is 13.2. The van der Waals surface area contributed by atoms with E-state index in [2.05, 4.69) is 0 Å². The molecule has 28 heavy (non-hydrogen) atoms. The first-order valence-electron chi connectivity index (χ1n) is 8.48. The van der Waals surface area contributed by atoms with Gasteiger partial charge in [0, 0.05) is 22.3 Å². The number of fused-ring (bicyclic) bond motifs is 2. The van der Waals surface area contributed by atoms with Gasteiger partial charge < -0.3 is 10.2 Å². The summed E-state index contributed by atoms with van der Waals surface area (Å²) >= 11 is 0. The van der Waals surface area contributed by atoms with Gasteiger partial charge in [-0.25, -0.2) is 0 Å². The van der Waals surface area contributed by atoms with Crippen molar-refractivity contribution in [1.82, 2.24) is 0 Å². The lowest BCUT2D eigenvalue weighted by molar-refractivity contribution is 0.0989. The van der Waals surface area contributed by atoms with Crippen molar-refractivity contribution in [3.05, 3.63) is 75.4 Å². The molecule has 138 valence electrons. The van der Waals surface area contributed by atoms with Crippen LogP contribution in [0.5, 0.6) is 11.5 Å². The molecular weight excluding hydrogens is 360 g/mol. The van der Waals surface area contributed by atoms with Crippen molar-refractivity contribution >= 4 is 28.7 Å². The monoisotopic (exact) mass is 374 g/mol. The van der Waals surface area contributed by atoms with Gasteiger partial charge >= 0.3 is 0 Å². The minimum absolute atomic E-state index is 0.0337. The highest BCUT2D eigenvalue weighted by atomic mass is 16.3. The average molecular weight is 374 g/mol. The molecule has 6 heteroatoms. The molecule has 2 aliphatic rings. The molecule has 2 aromatic carbocycles. The third kappa shape index (κ3) is 2.35. The summed E-state index contributed by atoms with van der Waals surface area (Å²) in [5.74, 6) is -2.86. The average Bonchev–Trinajstić information content (AvgIpc) is 2.60. The number of Topliss-reactive ketones (excluding diaryl/α,β-unsaturated/α-hetero) is 1. The number of hydrogen-bond acceptors (Lipinski definition) is 6. The highest BCUT2D eigenvalue weighted by Gasteiger charge is 2.35. The molecule has 6 nitrogen and oxygen atoms in total. The Morgan fingerprint density at radius 3 is 1.96 bits per heavy atom. The van der Waals surface area contributed by atoms with Crippen molar-refractivity contribution in [3.8, 4) is 11.5 Å². The summed E-state index contributed by atoms with van der Waals surface area (Å²) in [6.45, 7) is 3.25. The summed E-state index contributed by atoms with van der Waals surface area (Å²) in [4.78, 5) is 50.6. The molecule has 0 saturated heterocycles. The summed E-state index contributed by atoms with van der Waals surface area (Å²) in [5, 5.41) is 20.3. The van der Waals surface area contributed by atoms with Crippen LogP contribution in [0.1, 0.15) is 58.1 Å². The predicted molar refractivity (Wildman–Crippen MR) is 100 cm³/mol. The van der Waals surface area contributed by atoms with Crippen LogP contribution in [0, 0.1) is 13.8 Å². The van der Waals surface area contributed by atoms with Crippen molar-refractivity contribution in [1.29, 1.82) is 0 Å². The van der Waals surface area contributed by atoms with E-state index < -0.39 is 23.1 Å². The van der Waals surface area contributed by atoms with Gasteiger partial charge in [-0.1, -0.05) is 0 Å². The molecule has 0 heterocycles. The van der Waals surface area contributed by atoms with Crippen LogP contribution < -0.4 is 0 Å². The topological polar surface area (TPSA) is 109 Å². The third-order valence-corrected chi connectivity index (χ3v) is 4.92. The van der Waals surface area contributed by atoms with Crippen molar-refractivity contribution in [3.63, 3.8) is 0 Å². The van der Waals surface area contributed by atoms with Crippen LogP contribution in [0.2, 0.25) is 0 Å². The third-order valence-electron chi connectivity index (χ3n) is 4.92. The Balaban J connectivity index is 2.04. The van der Waals surface area contributed by atoms with Gasteiger partial charge in [0.05, 0.1) is 11.1 Å². The van der Waals surface area contributed by atoms with E-state index in [4.69, 9.17) is 0 Å². The number of aryl methyl sites for hydroxylation is 2. The molecule has 0 atom stereocenters. The lowest BCUT2D eigenvalue weighted by Crippen LogP contribution is -2.21. The lowest BCUT2D eigenvalue weighted by Gasteiger charge is -2.22. The standard InChI is InChI=1S/C22H14O6/c1-9-5-11-19(15(25)6-9)17(27)8-12(22(11)28)18-10(2)7-16(26)20-13(23)3-4-14(24)21(18)20/h3-8,25-26H,1-2H3. The van der Waals surface area contributed by atoms with Gasteiger partial charge in [-0.15, -0.1) is 0 Å². The first-order valence-corrected chi connectivity index (χ1v) is 8.48. The van der Waals surface area contributed by atoms with Gasteiger partial charge in [0.2, 0.25) is 0 Å². The Kier molecular flexibility index (Phi) is 3.68. The Morgan fingerprint density at radius 1 is 0.679 bits per heavy atom. The van der Waals surface area contributed by atoms with E-state index in [1.165, 1.54) is 18.2 Å². The zero-order valence-electron chi connectivity index (χ0n) is 15.0. The van der Waals surface area contributed by atoms with Crippen molar-refractivity contribution in [2.24, 2.45) is 0 Å².